The maximum Gasteiger partial charge on any atom is 0.263 e. The molecule has 0 spiro atoms. The molecule has 0 bridgehead atoms. The number of nitrogens with one attached hydrogen (secondary N) is 1. The predicted octanol–water partition coefficient (Wildman–Crippen LogP) is 2.74. The molecule has 0 heterocycles. The first-order chi connectivity index (χ1) is 9.44. The summed E-state index contributed by atoms with van der Waals surface area (Å²) in [7, 11) is -3.95. The Morgan fingerprint density at radius 1 is 1.20 bits per heavy atom. The zero-order chi connectivity index (χ0) is 14.8. The summed E-state index contributed by atoms with van der Waals surface area (Å²) in [6, 6.07) is 9.86. The Bertz CT molecular complexity index is 735. The maximum atomic E-state index is 13.5. The minimum Gasteiger partial charge on any atom is -0.326 e. The third-order valence-corrected chi connectivity index (χ3v) is 4.49. The van der Waals surface area contributed by atoms with Gasteiger partial charge in [0.15, 0.2) is 0 Å². The predicted molar refractivity (Wildman–Crippen MR) is 76.6 cm³/mol. The van der Waals surface area contributed by atoms with E-state index < -0.39 is 15.8 Å². The molecule has 0 radical (unpaired) electrons. The molecule has 0 aliphatic rings. The molecule has 7 heteroatoms. The summed E-state index contributed by atoms with van der Waals surface area (Å²) in [6.07, 6.45) is 0. The molecule has 0 saturated heterocycles. The Kier molecular flexibility index (Phi) is 4.27. The van der Waals surface area contributed by atoms with Gasteiger partial charge in [0.1, 0.15) is 10.7 Å². The van der Waals surface area contributed by atoms with Crippen molar-refractivity contribution in [3.8, 4) is 0 Å². The van der Waals surface area contributed by atoms with Gasteiger partial charge in [-0.1, -0.05) is 29.8 Å². The van der Waals surface area contributed by atoms with Crippen molar-refractivity contribution < 1.29 is 12.8 Å². The van der Waals surface area contributed by atoms with E-state index in [1.165, 1.54) is 30.3 Å². The van der Waals surface area contributed by atoms with Crippen LogP contribution in [-0.2, 0) is 16.6 Å². The largest absolute Gasteiger partial charge is 0.326 e. The lowest BCUT2D eigenvalue weighted by atomic mass is 10.2. The van der Waals surface area contributed by atoms with E-state index in [4.69, 9.17) is 17.3 Å². The van der Waals surface area contributed by atoms with Crippen molar-refractivity contribution in [1.82, 2.24) is 0 Å². The fraction of sp³-hybridized carbons (Fsp3) is 0.0769. The van der Waals surface area contributed by atoms with Gasteiger partial charge in [-0.3, -0.25) is 4.72 Å². The van der Waals surface area contributed by atoms with E-state index in [2.05, 4.69) is 4.72 Å². The number of benzene rings is 2. The van der Waals surface area contributed by atoms with Crippen LogP contribution < -0.4 is 10.5 Å². The van der Waals surface area contributed by atoms with Crippen LogP contribution in [0.5, 0.6) is 0 Å². The van der Waals surface area contributed by atoms with Crippen LogP contribution in [0.15, 0.2) is 47.4 Å². The van der Waals surface area contributed by atoms with E-state index in [1.54, 1.807) is 6.07 Å². The highest BCUT2D eigenvalue weighted by atomic mass is 35.5. The van der Waals surface area contributed by atoms with Crippen molar-refractivity contribution in [2.75, 3.05) is 4.72 Å². The number of para-hydroxylation sites is 1. The molecule has 0 atom stereocenters. The van der Waals surface area contributed by atoms with Crippen LogP contribution in [0.4, 0.5) is 10.1 Å². The van der Waals surface area contributed by atoms with Gasteiger partial charge >= 0.3 is 0 Å². The van der Waals surface area contributed by atoms with Crippen LogP contribution in [0.2, 0.25) is 5.02 Å². The second kappa shape index (κ2) is 5.78. The zero-order valence-electron chi connectivity index (χ0n) is 10.3. The first-order valence-corrected chi connectivity index (χ1v) is 7.56. The number of hydrogen-bond donors (Lipinski definition) is 2. The van der Waals surface area contributed by atoms with Crippen LogP contribution in [0.25, 0.3) is 0 Å². The molecule has 0 aliphatic carbocycles. The summed E-state index contributed by atoms with van der Waals surface area (Å²) >= 11 is 5.93. The summed E-state index contributed by atoms with van der Waals surface area (Å²) < 4.78 is 40.0. The molecule has 0 amide bonds. The lowest BCUT2D eigenvalue weighted by molar-refractivity contribution is 0.598. The monoisotopic (exact) mass is 314 g/mol. The Morgan fingerprint density at radius 2 is 1.90 bits per heavy atom. The number of anilines is 1. The minimum absolute atomic E-state index is 0.0387. The molecule has 106 valence electrons. The Hall–Kier alpha value is -1.63. The standard InChI is InChI=1S/C13H12ClFN2O2S/c14-10-7-9(8-16)5-6-13(10)20(18,19)17-12-4-2-1-3-11(12)15/h1-7,17H,8,16H2. The van der Waals surface area contributed by atoms with Crippen molar-refractivity contribution in [2.45, 2.75) is 11.4 Å². The molecular formula is C13H12ClFN2O2S. The summed E-state index contributed by atoms with van der Waals surface area (Å²) in [6.45, 7) is 0.251. The average molecular weight is 315 g/mol. The van der Waals surface area contributed by atoms with Gasteiger partial charge in [-0.15, -0.1) is 0 Å². The number of sulfonamides is 1. The molecule has 4 nitrogen and oxygen atoms in total. The molecule has 3 N–H and O–H groups in total. The van der Waals surface area contributed by atoms with Crippen molar-refractivity contribution in [2.24, 2.45) is 5.73 Å². The lowest BCUT2D eigenvalue weighted by Gasteiger charge is -2.10. The zero-order valence-corrected chi connectivity index (χ0v) is 11.9. The second-order valence-electron chi connectivity index (χ2n) is 4.05. The third-order valence-electron chi connectivity index (χ3n) is 2.64. The molecule has 0 unspecified atom stereocenters. The van der Waals surface area contributed by atoms with E-state index in [1.807, 2.05) is 0 Å². The summed E-state index contributed by atoms with van der Waals surface area (Å²) in [4.78, 5) is -0.125. The Morgan fingerprint density at radius 3 is 2.50 bits per heavy atom. The smallest absolute Gasteiger partial charge is 0.263 e. The molecule has 2 aromatic carbocycles. The Labute approximate surface area is 121 Å². The first-order valence-electron chi connectivity index (χ1n) is 5.70. The molecule has 0 aliphatic heterocycles. The number of nitrogens with two attached hydrogens (primary N) is 1. The number of hydrogen-bond acceptors (Lipinski definition) is 3. The van der Waals surface area contributed by atoms with Crippen LogP contribution in [0.1, 0.15) is 5.56 Å². The molecule has 0 saturated carbocycles. The van der Waals surface area contributed by atoms with Gasteiger partial charge in [0, 0.05) is 6.54 Å². The van der Waals surface area contributed by atoms with Gasteiger partial charge in [-0.05, 0) is 29.8 Å². The highest BCUT2D eigenvalue weighted by Crippen LogP contribution is 2.25. The molecule has 0 fully saturated rings. The van der Waals surface area contributed by atoms with E-state index in [0.717, 1.165) is 6.07 Å². The topological polar surface area (TPSA) is 72.2 Å². The first kappa shape index (κ1) is 14.8. The van der Waals surface area contributed by atoms with Crippen LogP contribution in [-0.4, -0.2) is 8.42 Å². The molecular weight excluding hydrogens is 303 g/mol. The average Bonchev–Trinajstić information content (AvgIpc) is 2.40. The Balaban J connectivity index is 2.39. The van der Waals surface area contributed by atoms with E-state index in [-0.39, 0.29) is 22.2 Å². The highest BCUT2D eigenvalue weighted by Gasteiger charge is 2.19. The van der Waals surface area contributed by atoms with Crippen molar-refractivity contribution in [3.63, 3.8) is 0 Å². The maximum absolute atomic E-state index is 13.5. The summed E-state index contributed by atoms with van der Waals surface area (Å²) in [5.74, 6) is -0.661. The summed E-state index contributed by atoms with van der Waals surface area (Å²) in [5.41, 5.74) is 6.02. The highest BCUT2D eigenvalue weighted by molar-refractivity contribution is 7.92. The van der Waals surface area contributed by atoms with E-state index in [9.17, 15) is 12.8 Å². The molecule has 0 aromatic heterocycles. The van der Waals surface area contributed by atoms with Gasteiger partial charge in [-0.25, -0.2) is 12.8 Å². The SMILES string of the molecule is NCc1ccc(S(=O)(=O)Nc2ccccc2F)c(Cl)c1. The minimum atomic E-state index is -3.95. The van der Waals surface area contributed by atoms with E-state index >= 15 is 0 Å². The van der Waals surface area contributed by atoms with Gasteiger partial charge in [-0.2, -0.15) is 0 Å². The van der Waals surface area contributed by atoms with Crippen LogP contribution in [0.3, 0.4) is 0 Å². The van der Waals surface area contributed by atoms with Crippen molar-refractivity contribution in [3.05, 3.63) is 58.9 Å². The fourth-order valence-corrected chi connectivity index (χ4v) is 3.27. The number of halogens is 2. The molecule has 2 aromatic rings. The van der Waals surface area contributed by atoms with Crippen LogP contribution >= 0.6 is 11.6 Å². The lowest BCUT2D eigenvalue weighted by Crippen LogP contribution is -2.14. The number of rotatable bonds is 4. The fourth-order valence-electron chi connectivity index (χ4n) is 1.63. The van der Waals surface area contributed by atoms with Gasteiger partial charge < -0.3 is 5.73 Å². The molecule has 20 heavy (non-hydrogen) atoms. The summed E-state index contributed by atoms with van der Waals surface area (Å²) in [5, 5.41) is 0.0387. The van der Waals surface area contributed by atoms with Crippen molar-refractivity contribution >= 4 is 27.3 Å². The van der Waals surface area contributed by atoms with Gasteiger partial charge in [0.05, 0.1) is 10.7 Å². The van der Waals surface area contributed by atoms with Crippen LogP contribution in [0, 0.1) is 5.82 Å². The normalized spacial score (nSPS) is 11.3. The second-order valence-corrected chi connectivity index (χ2v) is 6.11. The van der Waals surface area contributed by atoms with Gasteiger partial charge in [0.25, 0.3) is 10.0 Å². The molecule has 2 rings (SSSR count). The van der Waals surface area contributed by atoms with Crippen molar-refractivity contribution in [1.29, 1.82) is 0 Å². The third kappa shape index (κ3) is 3.09. The quantitative estimate of drug-likeness (QED) is 0.911. The van der Waals surface area contributed by atoms with Gasteiger partial charge in [0.2, 0.25) is 0 Å². The van der Waals surface area contributed by atoms with E-state index in [0.29, 0.717) is 5.56 Å².